The predicted molar refractivity (Wildman–Crippen MR) is 85.9 cm³/mol. The van der Waals surface area contributed by atoms with Gasteiger partial charge < -0.3 is 5.11 Å². The van der Waals surface area contributed by atoms with Crippen LogP contribution in [0.5, 0.6) is 0 Å². The molecule has 9 nitrogen and oxygen atoms in total. The molecular formula is C15H19FN2O7S. The maximum absolute atomic E-state index is 12.7. The van der Waals surface area contributed by atoms with E-state index >= 15 is 0 Å². The lowest BCUT2D eigenvalue weighted by Gasteiger charge is -2.17. The molecule has 0 saturated carbocycles. The van der Waals surface area contributed by atoms with Gasteiger partial charge in [-0.15, -0.1) is 0 Å². The van der Waals surface area contributed by atoms with Gasteiger partial charge in [0.1, 0.15) is 11.9 Å². The third-order valence-corrected chi connectivity index (χ3v) is 4.82. The van der Waals surface area contributed by atoms with E-state index < -0.39 is 45.6 Å². The molecule has 1 atom stereocenters. The van der Waals surface area contributed by atoms with Gasteiger partial charge in [0.15, 0.2) is 0 Å². The molecule has 26 heavy (non-hydrogen) atoms. The van der Waals surface area contributed by atoms with Crippen LogP contribution in [0, 0.1) is 11.7 Å². The normalized spacial score (nSPS) is 15.7. The number of hydrogen-bond acceptors (Lipinski definition) is 6. The largest absolute Gasteiger partial charge is 0.480 e. The van der Waals surface area contributed by atoms with Crippen LogP contribution in [-0.4, -0.2) is 47.6 Å². The number of hydroxylamine groups is 2. The van der Waals surface area contributed by atoms with Crippen LogP contribution in [0.3, 0.4) is 0 Å². The quantitative estimate of drug-likeness (QED) is 0.497. The van der Waals surface area contributed by atoms with Crippen molar-refractivity contribution < 1.29 is 37.5 Å². The zero-order valence-electron chi connectivity index (χ0n) is 14.0. The Morgan fingerprint density at radius 3 is 1.92 bits per heavy atom. The number of nitrogens with one attached hydrogen (secondary N) is 1. The number of amides is 2. The van der Waals surface area contributed by atoms with E-state index in [1.54, 1.807) is 13.8 Å². The molecule has 0 unspecified atom stereocenters. The van der Waals surface area contributed by atoms with Crippen molar-refractivity contribution in [3.63, 3.8) is 0 Å². The summed E-state index contributed by atoms with van der Waals surface area (Å²) in [5, 5.41) is 17.5. The van der Waals surface area contributed by atoms with Crippen molar-refractivity contribution in [3.8, 4) is 0 Å². The second-order valence-electron chi connectivity index (χ2n) is 5.73. The number of hydrogen-bond donors (Lipinski definition) is 3. The molecule has 1 aromatic rings. The summed E-state index contributed by atoms with van der Waals surface area (Å²) in [5.74, 6) is -3.23. The maximum Gasteiger partial charge on any atom is 0.322 e. The van der Waals surface area contributed by atoms with Crippen molar-refractivity contribution in [2.75, 3.05) is 0 Å². The van der Waals surface area contributed by atoms with Crippen LogP contribution in [-0.2, 0) is 24.4 Å². The van der Waals surface area contributed by atoms with Gasteiger partial charge in [-0.25, -0.2) is 12.8 Å². The van der Waals surface area contributed by atoms with E-state index in [4.69, 9.17) is 10.3 Å². The molecule has 1 aliphatic rings. The van der Waals surface area contributed by atoms with Gasteiger partial charge in [-0.3, -0.25) is 19.6 Å². The highest BCUT2D eigenvalue weighted by Crippen LogP contribution is 2.12. The Balaban J connectivity index is 0.000000350. The van der Waals surface area contributed by atoms with E-state index in [-0.39, 0.29) is 22.8 Å². The highest BCUT2D eigenvalue weighted by Gasteiger charge is 2.28. The molecule has 11 heteroatoms. The number of aliphatic carboxylic acids is 1. The summed E-state index contributed by atoms with van der Waals surface area (Å²) in [5.41, 5.74) is 0. The number of rotatable bonds is 5. The Morgan fingerprint density at radius 2 is 1.62 bits per heavy atom. The number of benzene rings is 1. The average Bonchev–Trinajstić information content (AvgIpc) is 2.84. The molecule has 144 valence electrons. The molecule has 3 N–H and O–H groups in total. The average molecular weight is 390 g/mol. The zero-order chi connectivity index (χ0) is 20.1. The smallest absolute Gasteiger partial charge is 0.322 e. The van der Waals surface area contributed by atoms with Crippen molar-refractivity contribution in [1.82, 2.24) is 9.79 Å². The number of imide groups is 1. The van der Waals surface area contributed by atoms with Gasteiger partial charge in [0.25, 0.3) is 11.8 Å². The Bertz CT molecular complexity index is 762. The van der Waals surface area contributed by atoms with Crippen LogP contribution in [0.4, 0.5) is 4.39 Å². The first-order valence-corrected chi connectivity index (χ1v) is 8.99. The Labute approximate surface area is 149 Å². The molecule has 0 radical (unpaired) electrons. The fourth-order valence-electron chi connectivity index (χ4n) is 1.89. The van der Waals surface area contributed by atoms with E-state index in [0.29, 0.717) is 0 Å². The topological polar surface area (TPSA) is 141 Å². The van der Waals surface area contributed by atoms with Crippen LogP contribution in [0.1, 0.15) is 26.7 Å². The minimum absolute atomic E-state index is 0.148. The summed E-state index contributed by atoms with van der Waals surface area (Å²) in [6.07, 6.45) is 0.296. The first-order valence-electron chi connectivity index (χ1n) is 7.51. The molecule has 1 heterocycles. The van der Waals surface area contributed by atoms with E-state index in [9.17, 15) is 27.2 Å². The number of carboxylic acids is 1. The first-order chi connectivity index (χ1) is 12.0. The first kappa shape index (κ1) is 21.7. The standard InChI is InChI=1S/C11H14FNO4S.C4H5NO3/c1-7(2)10(11(14)15)13-18(16,17)9-5-3-8(12)4-6-9;6-3-1-2-4(7)5(3)8/h3-7,10,13H,1-2H3,(H,14,15);8H,1-2H2/t10-;/m0./s1. The minimum Gasteiger partial charge on any atom is -0.480 e. The number of sulfonamides is 1. The molecular weight excluding hydrogens is 371 g/mol. The zero-order valence-corrected chi connectivity index (χ0v) is 14.9. The van der Waals surface area contributed by atoms with Crippen LogP contribution < -0.4 is 4.72 Å². The second kappa shape index (κ2) is 8.83. The van der Waals surface area contributed by atoms with E-state index in [1.807, 2.05) is 0 Å². The van der Waals surface area contributed by atoms with Gasteiger partial charge in [0, 0.05) is 12.8 Å². The molecule has 0 bridgehead atoms. The molecule has 2 amide bonds. The highest BCUT2D eigenvalue weighted by atomic mass is 32.2. The predicted octanol–water partition coefficient (Wildman–Crippen LogP) is 0.738. The second-order valence-corrected chi connectivity index (χ2v) is 7.45. The fourth-order valence-corrected chi connectivity index (χ4v) is 3.22. The van der Waals surface area contributed by atoms with Crippen molar-refractivity contribution >= 4 is 27.8 Å². The summed E-state index contributed by atoms with van der Waals surface area (Å²) < 4.78 is 38.5. The number of halogens is 1. The number of carboxylic acid groups (broad SMARTS) is 1. The van der Waals surface area contributed by atoms with Gasteiger partial charge in [-0.1, -0.05) is 13.8 Å². The SMILES string of the molecule is CC(C)[C@H](NS(=O)(=O)c1ccc(F)cc1)C(=O)O.O=C1CCC(=O)N1O. The molecule has 0 aliphatic carbocycles. The van der Waals surface area contributed by atoms with Gasteiger partial charge in [0.2, 0.25) is 10.0 Å². The van der Waals surface area contributed by atoms with Crippen LogP contribution in [0.25, 0.3) is 0 Å². The lowest BCUT2D eigenvalue weighted by molar-refractivity contribution is -0.171. The number of carbonyl (C=O) groups is 3. The van der Waals surface area contributed by atoms with Crippen molar-refractivity contribution in [2.24, 2.45) is 5.92 Å². The summed E-state index contributed by atoms with van der Waals surface area (Å²) >= 11 is 0. The van der Waals surface area contributed by atoms with Gasteiger partial charge >= 0.3 is 5.97 Å². The molecule has 1 saturated heterocycles. The number of carbonyl (C=O) groups excluding carboxylic acids is 2. The van der Waals surface area contributed by atoms with Crippen molar-refractivity contribution in [2.45, 2.75) is 37.6 Å². The minimum atomic E-state index is -3.96. The third-order valence-electron chi connectivity index (χ3n) is 3.36. The molecule has 2 rings (SSSR count). The molecule has 1 aliphatic heterocycles. The molecule has 1 fully saturated rings. The van der Waals surface area contributed by atoms with Crippen LogP contribution in [0.15, 0.2) is 29.2 Å². The Hall–Kier alpha value is -2.37. The van der Waals surface area contributed by atoms with E-state index in [2.05, 4.69) is 4.72 Å². The Morgan fingerprint density at radius 1 is 1.15 bits per heavy atom. The highest BCUT2D eigenvalue weighted by molar-refractivity contribution is 7.89. The summed E-state index contributed by atoms with van der Waals surface area (Å²) in [4.78, 5) is 31.2. The third kappa shape index (κ3) is 5.86. The summed E-state index contributed by atoms with van der Waals surface area (Å²) in [6, 6.07) is 2.94. The monoisotopic (exact) mass is 390 g/mol. The van der Waals surface area contributed by atoms with E-state index in [1.165, 1.54) is 0 Å². The van der Waals surface area contributed by atoms with Crippen LogP contribution >= 0.6 is 0 Å². The molecule has 1 aromatic carbocycles. The summed E-state index contributed by atoms with van der Waals surface area (Å²) in [6.45, 7) is 3.18. The fraction of sp³-hybridized carbons (Fsp3) is 0.400. The molecule has 0 aromatic heterocycles. The van der Waals surface area contributed by atoms with Gasteiger partial charge in [-0.05, 0) is 30.2 Å². The van der Waals surface area contributed by atoms with Crippen molar-refractivity contribution in [1.29, 1.82) is 0 Å². The lowest BCUT2D eigenvalue weighted by atomic mass is 10.1. The lowest BCUT2D eigenvalue weighted by Crippen LogP contribution is -2.44. The summed E-state index contributed by atoms with van der Waals surface area (Å²) in [7, 11) is -3.96. The van der Waals surface area contributed by atoms with Gasteiger partial charge in [-0.2, -0.15) is 9.79 Å². The van der Waals surface area contributed by atoms with Crippen LogP contribution in [0.2, 0.25) is 0 Å². The maximum atomic E-state index is 12.7. The molecule has 0 spiro atoms. The van der Waals surface area contributed by atoms with Crippen molar-refractivity contribution in [3.05, 3.63) is 30.1 Å². The van der Waals surface area contributed by atoms with Gasteiger partial charge in [0.05, 0.1) is 4.90 Å². The van der Waals surface area contributed by atoms with E-state index in [0.717, 1.165) is 24.3 Å². The number of nitrogens with zero attached hydrogens (tertiary/aromatic N) is 1. The Kier molecular flexibility index (Phi) is 7.36.